The monoisotopic (exact) mass is 438 g/mol. The smallest absolute Gasteiger partial charge is 0.338 e. The average Bonchev–Trinajstić information content (AvgIpc) is 3.08. The zero-order valence-electron chi connectivity index (χ0n) is 19.4. The number of ketones is 1. The van der Waals surface area contributed by atoms with Crippen molar-refractivity contribution < 1.29 is 24.2 Å². The lowest BCUT2D eigenvalue weighted by molar-refractivity contribution is -0.224. The van der Waals surface area contributed by atoms with Crippen molar-refractivity contribution in [3.8, 4) is 0 Å². The SMILES string of the molecule is CC12CC[C@]3(C1)[C@H](CC2=O)C[C@@H](OC(=O)c1ccccc1)[C@H]1[C@](C)(C(=O)O)CCC[C@@]13C. The molecule has 5 nitrogen and oxygen atoms in total. The first-order chi connectivity index (χ1) is 15.1. The number of carbonyl (C=O) groups is 3. The molecule has 1 unspecified atom stereocenters. The van der Waals surface area contributed by atoms with Crippen LogP contribution in [0.25, 0.3) is 0 Å². The lowest BCUT2D eigenvalue weighted by atomic mass is 9.37. The molecule has 2 bridgehead atoms. The number of benzene rings is 1. The number of carboxylic acids is 1. The summed E-state index contributed by atoms with van der Waals surface area (Å²) in [5.41, 5.74) is -1.08. The Morgan fingerprint density at radius 3 is 2.44 bits per heavy atom. The highest BCUT2D eigenvalue weighted by Crippen LogP contribution is 2.75. The van der Waals surface area contributed by atoms with E-state index in [-0.39, 0.29) is 28.1 Å². The van der Waals surface area contributed by atoms with Crippen molar-refractivity contribution in [1.82, 2.24) is 0 Å². The maximum atomic E-state index is 13.1. The Kier molecular flexibility index (Phi) is 4.68. The van der Waals surface area contributed by atoms with E-state index in [1.165, 1.54) is 0 Å². The molecular formula is C27H34O5. The van der Waals surface area contributed by atoms with Gasteiger partial charge in [0.05, 0.1) is 11.0 Å². The highest BCUT2D eigenvalue weighted by atomic mass is 16.5. The first-order valence-electron chi connectivity index (χ1n) is 12.1. The Balaban J connectivity index is 1.59. The van der Waals surface area contributed by atoms with Gasteiger partial charge in [0.15, 0.2) is 0 Å². The van der Waals surface area contributed by atoms with E-state index in [0.29, 0.717) is 30.6 Å². The molecule has 1 N–H and O–H groups in total. The van der Waals surface area contributed by atoms with E-state index in [0.717, 1.165) is 32.1 Å². The second-order valence-corrected chi connectivity index (χ2v) is 11.7. The van der Waals surface area contributed by atoms with Crippen LogP contribution in [0.3, 0.4) is 0 Å². The first kappa shape index (κ1) is 21.7. The van der Waals surface area contributed by atoms with E-state index in [1.807, 2.05) is 13.0 Å². The van der Waals surface area contributed by atoms with Crippen LogP contribution in [0.1, 0.15) is 82.5 Å². The number of carbonyl (C=O) groups excluding carboxylic acids is 2. The molecule has 4 saturated carbocycles. The molecule has 0 saturated heterocycles. The standard InChI is InChI=1S/C27H34O5/c1-24-12-13-27(16-24)18(15-20(24)28)14-19(32-22(29)17-8-5-4-6-9-17)21-25(2,23(30)31)10-7-11-26(21,27)3/h4-6,8-9,18-19,21H,7,10-16H2,1-3H3,(H,30,31)/t18-,19+,21-,24?,25+,26-,27-/m0/s1. The lowest BCUT2D eigenvalue weighted by Crippen LogP contribution is -2.66. The van der Waals surface area contributed by atoms with E-state index in [9.17, 15) is 19.5 Å². The van der Waals surface area contributed by atoms with Crippen LogP contribution < -0.4 is 0 Å². The van der Waals surface area contributed by atoms with Crippen molar-refractivity contribution in [2.75, 3.05) is 0 Å². The molecular weight excluding hydrogens is 404 g/mol. The van der Waals surface area contributed by atoms with Crippen LogP contribution >= 0.6 is 0 Å². The predicted octanol–water partition coefficient (Wildman–Crippen LogP) is 5.28. The quantitative estimate of drug-likeness (QED) is 0.650. The van der Waals surface area contributed by atoms with Crippen LogP contribution in [0.15, 0.2) is 30.3 Å². The van der Waals surface area contributed by atoms with Crippen molar-refractivity contribution in [2.45, 2.75) is 78.2 Å². The fraction of sp³-hybridized carbons (Fsp3) is 0.667. The van der Waals surface area contributed by atoms with Gasteiger partial charge in [0.2, 0.25) is 0 Å². The summed E-state index contributed by atoms with van der Waals surface area (Å²) in [5.74, 6) is -0.970. The van der Waals surface area contributed by atoms with Gasteiger partial charge in [0, 0.05) is 17.8 Å². The number of carboxylic acid groups (broad SMARTS) is 1. The van der Waals surface area contributed by atoms with Crippen molar-refractivity contribution in [3.05, 3.63) is 35.9 Å². The topological polar surface area (TPSA) is 80.7 Å². The van der Waals surface area contributed by atoms with Gasteiger partial charge in [-0.1, -0.05) is 38.5 Å². The van der Waals surface area contributed by atoms with Gasteiger partial charge in [-0.25, -0.2) is 4.79 Å². The third kappa shape index (κ3) is 2.72. The highest BCUT2D eigenvalue weighted by Gasteiger charge is 2.73. The number of esters is 1. The molecule has 0 aromatic heterocycles. The van der Waals surface area contributed by atoms with E-state index in [4.69, 9.17) is 4.74 Å². The van der Waals surface area contributed by atoms with Crippen LogP contribution in [-0.4, -0.2) is 28.9 Å². The summed E-state index contributed by atoms with van der Waals surface area (Å²) >= 11 is 0. The third-order valence-corrected chi connectivity index (χ3v) is 10.3. The van der Waals surface area contributed by atoms with Gasteiger partial charge in [-0.05, 0) is 74.3 Å². The highest BCUT2D eigenvalue weighted by molar-refractivity contribution is 5.89. The molecule has 7 atom stereocenters. The molecule has 4 aliphatic rings. The number of aliphatic carboxylic acids is 1. The molecule has 4 aliphatic carbocycles. The molecule has 1 aromatic carbocycles. The third-order valence-electron chi connectivity index (χ3n) is 10.3. The molecule has 1 aromatic rings. The summed E-state index contributed by atoms with van der Waals surface area (Å²) in [7, 11) is 0. The van der Waals surface area contributed by atoms with E-state index in [2.05, 4.69) is 13.8 Å². The Morgan fingerprint density at radius 2 is 1.75 bits per heavy atom. The van der Waals surface area contributed by atoms with Crippen molar-refractivity contribution in [1.29, 1.82) is 0 Å². The van der Waals surface area contributed by atoms with Crippen molar-refractivity contribution in [2.24, 2.45) is 33.5 Å². The number of hydrogen-bond acceptors (Lipinski definition) is 4. The van der Waals surface area contributed by atoms with Crippen LogP contribution in [0.5, 0.6) is 0 Å². The lowest BCUT2D eigenvalue weighted by Gasteiger charge is -2.67. The maximum absolute atomic E-state index is 13.1. The summed E-state index contributed by atoms with van der Waals surface area (Å²) in [4.78, 5) is 38.8. The number of rotatable bonds is 3. The van der Waals surface area contributed by atoms with Crippen LogP contribution in [0.2, 0.25) is 0 Å². The summed E-state index contributed by atoms with van der Waals surface area (Å²) in [6, 6.07) is 8.92. The van der Waals surface area contributed by atoms with Gasteiger partial charge >= 0.3 is 11.9 Å². The second kappa shape index (κ2) is 6.91. The summed E-state index contributed by atoms with van der Waals surface area (Å²) in [6.45, 7) is 6.23. The molecule has 5 heteroatoms. The normalized spacial score (nSPS) is 45.0. The number of hydrogen-bond donors (Lipinski definition) is 1. The van der Waals surface area contributed by atoms with Crippen LogP contribution in [0, 0.1) is 33.5 Å². The molecule has 1 spiro atoms. The van der Waals surface area contributed by atoms with E-state index in [1.54, 1.807) is 24.3 Å². The molecule has 32 heavy (non-hydrogen) atoms. The molecule has 0 aliphatic heterocycles. The largest absolute Gasteiger partial charge is 0.481 e. The van der Waals surface area contributed by atoms with Gasteiger partial charge in [-0.15, -0.1) is 0 Å². The Labute approximate surface area is 189 Å². The first-order valence-corrected chi connectivity index (χ1v) is 12.1. The van der Waals surface area contributed by atoms with Gasteiger partial charge in [0.1, 0.15) is 11.9 Å². The fourth-order valence-electron chi connectivity index (χ4n) is 8.66. The summed E-state index contributed by atoms with van der Waals surface area (Å²) in [6.07, 6.45) is 5.72. The molecule has 172 valence electrons. The Morgan fingerprint density at radius 1 is 1.03 bits per heavy atom. The molecule has 5 rings (SSSR count). The van der Waals surface area contributed by atoms with E-state index >= 15 is 0 Å². The Bertz CT molecular complexity index is 972. The zero-order valence-corrected chi connectivity index (χ0v) is 19.4. The minimum atomic E-state index is -0.950. The molecule has 0 amide bonds. The summed E-state index contributed by atoms with van der Waals surface area (Å²) in [5, 5.41) is 10.4. The number of fused-ring (bicyclic) bond motifs is 2. The second-order valence-electron chi connectivity index (χ2n) is 11.7. The fourth-order valence-corrected chi connectivity index (χ4v) is 8.66. The predicted molar refractivity (Wildman–Crippen MR) is 119 cm³/mol. The van der Waals surface area contributed by atoms with Crippen molar-refractivity contribution in [3.63, 3.8) is 0 Å². The van der Waals surface area contributed by atoms with Gasteiger partial charge in [-0.2, -0.15) is 0 Å². The molecule has 0 heterocycles. The Hall–Kier alpha value is -2.17. The zero-order chi connectivity index (χ0) is 22.9. The van der Waals surface area contributed by atoms with Crippen LogP contribution in [0.4, 0.5) is 0 Å². The number of Topliss-reactive ketones (excluding diaryl/α,β-unsaturated/α-hetero) is 1. The van der Waals surface area contributed by atoms with Gasteiger partial charge < -0.3 is 9.84 Å². The minimum absolute atomic E-state index is 0.0485. The number of ether oxygens (including phenoxy) is 1. The minimum Gasteiger partial charge on any atom is -0.481 e. The van der Waals surface area contributed by atoms with Gasteiger partial charge in [-0.3, -0.25) is 9.59 Å². The van der Waals surface area contributed by atoms with E-state index < -0.39 is 23.5 Å². The average molecular weight is 439 g/mol. The van der Waals surface area contributed by atoms with Crippen molar-refractivity contribution >= 4 is 17.7 Å². The maximum Gasteiger partial charge on any atom is 0.338 e. The van der Waals surface area contributed by atoms with Gasteiger partial charge in [0.25, 0.3) is 0 Å². The molecule has 4 fully saturated rings. The summed E-state index contributed by atoms with van der Waals surface area (Å²) < 4.78 is 6.16. The van der Waals surface area contributed by atoms with Crippen LogP contribution in [-0.2, 0) is 14.3 Å². The molecule has 0 radical (unpaired) electrons.